The third-order valence-electron chi connectivity index (χ3n) is 8.07. The van der Waals surface area contributed by atoms with Crippen molar-refractivity contribution in [1.82, 2.24) is 20.9 Å². The fourth-order valence-corrected chi connectivity index (χ4v) is 5.33. The average molecular weight is 541 g/mol. The molecule has 0 aromatic heterocycles. The number of Topliss-reactive ketones (excluding diaryl/α,β-unsaturated/α-hetero) is 1. The summed E-state index contributed by atoms with van der Waals surface area (Å²) in [6.07, 6.45) is 4.61. The molecule has 2 fully saturated rings. The Morgan fingerprint density at radius 1 is 0.974 bits per heavy atom. The maximum Gasteiger partial charge on any atom is 0.246 e. The lowest BCUT2D eigenvalue weighted by atomic mass is 9.94. The predicted octanol–water partition coefficient (Wildman–Crippen LogP) is 2.66. The Bertz CT molecular complexity index is 1050. The van der Waals surface area contributed by atoms with Gasteiger partial charge in [-0.2, -0.15) is 0 Å². The quantitative estimate of drug-likeness (QED) is 0.394. The van der Waals surface area contributed by atoms with Crippen molar-refractivity contribution in [3.05, 3.63) is 35.9 Å². The van der Waals surface area contributed by atoms with Crippen LogP contribution >= 0.6 is 0 Å². The maximum atomic E-state index is 13.9. The number of carbonyl (C=O) groups is 5. The summed E-state index contributed by atoms with van der Waals surface area (Å²) in [7, 11) is 0. The molecule has 1 unspecified atom stereocenters. The summed E-state index contributed by atoms with van der Waals surface area (Å²) in [6.45, 7) is 7.69. The standard InChI is InChI=1S/C30H44N4O5/c1-5-22(35)15-11-8-12-16-23-26(36)33-30(4,6-2)29(39)32-24(18-21-13-9-7-10-14-21)28(38)34-19-20(3)17-25(34)27(37)31-23/h7,9-10,13-14,20,23-25H,5-6,8,11-12,15-19H2,1-4H3,(H,31,37)(H,32,39)(H,33,36)/t20-,23-,24?,25+,30+/m0/s1. The summed E-state index contributed by atoms with van der Waals surface area (Å²) in [5.41, 5.74) is -0.376. The number of fused-ring (bicyclic) bond motifs is 1. The highest BCUT2D eigenvalue weighted by atomic mass is 16.2. The lowest BCUT2D eigenvalue weighted by Gasteiger charge is -2.36. The second-order valence-corrected chi connectivity index (χ2v) is 11.3. The minimum Gasteiger partial charge on any atom is -0.343 e. The molecule has 214 valence electrons. The van der Waals surface area contributed by atoms with Gasteiger partial charge in [0, 0.05) is 25.8 Å². The first kappa shape index (κ1) is 30.3. The molecular formula is C30H44N4O5. The van der Waals surface area contributed by atoms with Gasteiger partial charge in [0.1, 0.15) is 29.4 Å². The van der Waals surface area contributed by atoms with Crippen molar-refractivity contribution in [3.63, 3.8) is 0 Å². The first-order valence-corrected chi connectivity index (χ1v) is 14.4. The van der Waals surface area contributed by atoms with Gasteiger partial charge < -0.3 is 20.9 Å². The van der Waals surface area contributed by atoms with Gasteiger partial charge in [0.2, 0.25) is 23.6 Å². The van der Waals surface area contributed by atoms with E-state index in [-0.39, 0.29) is 29.9 Å². The Morgan fingerprint density at radius 3 is 2.36 bits per heavy atom. The van der Waals surface area contributed by atoms with Crippen LogP contribution in [-0.2, 0) is 30.4 Å². The molecule has 2 aliphatic heterocycles. The van der Waals surface area contributed by atoms with E-state index in [1.165, 1.54) is 0 Å². The van der Waals surface area contributed by atoms with Gasteiger partial charge in [-0.15, -0.1) is 0 Å². The molecule has 5 atom stereocenters. The average Bonchev–Trinajstić information content (AvgIpc) is 3.32. The van der Waals surface area contributed by atoms with Gasteiger partial charge in [-0.3, -0.25) is 24.0 Å². The summed E-state index contributed by atoms with van der Waals surface area (Å²) in [5.74, 6) is -1.18. The van der Waals surface area contributed by atoms with Crippen LogP contribution in [0.2, 0.25) is 0 Å². The fourth-order valence-electron chi connectivity index (χ4n) is 5.33. The number of unbranched alkanes of at least 4 members (excludes halogenated alkanes) is 2. The lowest BCUT2D eigenvalue weighted by Crippen LogP contribution is -2.65. The SMILES string of the molecule is CCC(=O)CCCCC[C@@H]1NC(=O)[C@H]2C[C@H](C)CN2C(=O)C(Cc2ccccc2)NC(=O)[C@@](C)(CC)NC1=O. The number of ketones is 1. The molecule has 4 amide bonds. The van der Waals surface area contributed by atoms with Crippen molar-refractivity contribution in [2.75, 3.05) is 6.54 Å². The molecule has 0 spiro atoms. The molecule has 3 rings (SSSR count). The third-order valence-corrected chi connectivity index (χ3v) is 8.07. The van der Waals surface area contributed by atoms with E-state index in [4.69, 9.17) is 0 Å². The summed E-state index contributed by atoms with van der Waals surface area (Å²) >= 11 is 0. The van der Waals surface area contributed by atoms with E-state index in [0.29, 0.717) is 45.1 Å². The molecule has 1 aromatic carbocycles. The van der Waals surface area contributed by atoms with Crippen LogP contribution in [0.4, 0.5) is 0 Å². The van der Waals surface area contributed by atoms with Gasteiger partial charge in [-0.05, 0) is 44.1 Å². The molecule has 3 N–H and O–H groups in total. The van der Waals surface area contributed by atoms with Crippen LogP contribution in [0.3, 0.4) is 0 Å². The van der Waals surface area contributed by atoms with Crippen molar-refractivity contribution in [1.29, 1.82) is 0 Å². The van der Waals surface area contributed by atoms with Crippen LogP contribution in [-0.4, -0.2) is 64.5 Å². The van der Waals surface area contributed by atoms with Crippen molar-refractivity contribution in [2.24, 2.45) is 5.92 Å². The molecular weight excluding hydrogens is 496 g/mol. The number of benzene rings is 1. The Balaban J connectivity index is 1.87. The first-order chi connectivity index (χ1) is 18.6. The molecule has 2 heterocycles. The summed E-state index contributed by atoms with van der Waals surface area (Å²) < 4.78 is 0. The Morgan fingerprint density at radius 2 is 1.69 bits per heavy atom. The van der Waals surface area contributed by atoms with Crippen molar-refractivity contribution < 1.29 is 24.0 Å². The summed E-state index contributed by atoms with van der Waals surface area (Å²) in [6, 6.07) is 7.02. The molecule has 1 aromatic rings. The molecule has 2 saturated heterocycles. The highest BCUT2D eigenvalue weighted by Crippen LogP contribution is 2.26. The number of hydrogen-bond donors (Lipinski definition) is 3. The number of amides is 4. The van der Waals surface area contributed by atoms with Crippen LogP contribution in [0, 0.1) is 5.92 Å². The molecule has 9 nitrogen and oxygen atoms in total. The predicted molar refractivity (Wildman–Crippen MR) is 149 cm³/mol. The second kappa shape index (κ2) is 13.7. The minimum absolute atomic E-state index is 0.104. The van der Waals surface area contributed by atoms with E-state index in [9.17, 15) is 24.0 Å². The molecule has 0 radical (unpaired) electrons. The first-order valence-electron chi connectivity index (χ1n) is 14.4. The Kier molecular flexibility index (Phi) is 10.7. The highest BCUT2D eigenvalue weighted by Gasteiger charge is 2.44. The van der Waals surface area contributed by atoms with Crippen molar-refractivity contribution in [2.45, 2.75) is 109 Å². The Hall–Kier alpha value is -3.23. The van der Waals surface area contributed by atoms with E-state index >= 15 is 0 Å². The topological polar surface area (TPSA) is 125 Å². The van der Waals surface area contributed by atoms with Gasteiger partial charge in [0.15, 0.2) is 0 Å². The van der Waals surface area contributed by atoms with E-state index < -0.39 is 35.5 Å². The summed E-state index contributed by atoms with van der Waals surface area (Å²) in [5, 5.41) is 8.70. The molecule has 0 saturated carbocycles. The van der Waals surface area contributed by atoms with Gasteiger partial charge in [0.05, 0.1) is 0 Å². The van der Waals surface area contributed by atoms with Crippen LogP contribution < -0.4 is 16.0 Å². The monoisotopic (exact) mass is 540 g/mol. The number of hydrogen-bond acceptors (Lipinski definition) is 5. The zero-order valence-electron chi connectivity index (χ0n) is 23.8. The Labute approximate surface area is 231 Å². The highest BCUT2D eigenvalue weighted by molar-refractivity contribution is 5.99. The zero-order valence-corrected chi connectivity index (χ0v) is 23.8. The zero-order chi connectivity index (χ0) is 28.6. The van der Waals surface area contributed by atoms with Gasteiger partial charge in [0.25, 0.3) is 0 Å². The summed E-state index contributed by atoms with van der Waals surface area (Å²) in [4.78, 5) is 67.6. The minimum atomic E-state index is -1.26. The maximum absolute atomic E-state index is 13.9. The normalized spacial score (nSPS) is 28.1. The van der Waals surface area contributed by atoms with Crippen LogP contribution in [0.25, 0.3) is 0 Å². The number of nitrogens with zero attached hydrogens (tertiary/aromatic N) is 1. The third kappa shape index (κ3) is 7.90. The van der Waals surface area contributed by atoms with Crippen molar-refractivity contribution >= 4 is 29.4 Å². The largest absolute Gasteiger partial charge is 0.343 e. The lowest BCUT2D eigenvalue weighted by molar-refractivity contribution is -0.144. The van der Waals surface area contributed by atoms with Gasteiger partial charge in [-0.1, -0.05) is 63.9 Å². The number of carbonyl (C=O) groups excluding carboxylic acids is 5. The molecule has 2 aliphatic rings. The number of nitrogens with one attached hydrogen (secondary N) is 3. The fraction of sp³-hybridized carbons (Fsp3) is 0.633. The van der Waals surface area contributed by atoms with E-state index in [1.54, 1.807) is 18.7 Å². The number of rotatable bonds is 10. The smallest absolute Gasteiger partial charge is 0.246 e. The molecule has 39 heavy (non-hydrogen) atoms. The van der Waals surface area contributed by atoms with Crippen LogP contribution in [0.5, 0.6) is 0 Å². The van der Waals surface area contributed by atoms with E-state index in [0.717, 1.165) is 18.4 Å². The molecule has 9 heteroatoms. The molecule has 0 aliphatic carbocycles. The van der Waals surface area contributed by atoms with Crippen molar-refractivity contribution in [3.8, 4) is 0 Å². The van der Waals surface area contributed by atoms with E-state index in [1.807, 2.05) is 44.2 Å². The van der Waals surface area contributed by atoms with Crippen LogP contribution in [0.15, 0.2) is 30.3 Å². The molecule has 0 bridgehead atoms. The van der Waals surface area contributed by atoms with E-state index in [2.05, 4.69) is 16.0 Å². The van der Waals surface area contributed by atoms with Gasteiger partial charge >= 0.3 is 0 Å². The van der Waals surface area contributed by atoms with Gasteiger partial charge in [-0.25, -0.2) is 0 Å². The second-order valence-electron chi connectivity index (χ2n) is 11.3. The van der Waals surface area contributed by atoms with Crippen LogP contribution in [0.1, 0.15) is 84.6 Å².